The summed E-state index contributed by atoms with van der Waals surface area (Å²) in [6.45, 7) is 0. The predicted molar refractivity (Wildman–Crippen MR) is 61.1 cm³/mol. The number of carboxylic acid groups (broad SMARTS) is 1. The molecule has 0 aliphatic carbocycles. The highest BCUT2D eigenvalue weighted by molar-refractivity contribution is 6.15. The number of amides is 1. The fourth-order valence-electron chi connectivity index (χ4n) is 1.81. The third-order valence-corrected chi connectivity index (χ3v) is 2.49. The molecule has 0 saturated carbocycles. The minimum atomic E-state index is -1.39. The molecule has 2 aromatic carbocycles. The molecule has 5 heteroatoms. The van der Waals surface area contributed by atoms with Crippen LogP contribution in [0.1, 0.15) is 20.7 Å². The van der Waals surface area contributed by atoms with E-state index in [0.29, 0.717) is 10.8 Å². The predicted octanol–water partition coefficient (Wildman–Crippen LogP) is 1.34. The van der Waals surface area contributed by atoms with Crippen molar-refractivity contribution in [2.24, 2.45) is 5.73 Å². The molecule has 0 aliphatic heterocycles. The van der Waals surface area contributed by atoms with Crippen LogP contribution in [0.4, 0.5) is 0 Å². The number of hydrogen-bond acceptors (Lipinski definition) is 3. The van der Waals surface area contributed by atoms with Crippen LogP contribution in [-0.2, 0) is 0 Å². The van der Waals surface area contributed by atoms with E-state index >= 15 is 0 Å². The molecule has 0 heterocycles. The Morgan fingerprint density at radius 3 is 2.35 bits per heavy atom. The van der Waals surface area contributed by atoms with Gasteiger partial charge in [-0.05, 0) is 16.8 Å². The third-order valence-electron chi connectivity index (χ3n) is 2.49. The molecule has 0 fully saturated rings. The molecule has 0 aliphatic rings. The smallest absolute Gasteiger partial charge is 0.340 e. The molecular formula is C12H9NO4. The van der Waals surface area contributed by atoms with Gasteiger partial charge in [0, 0.05) is 0 Å². The van der Waals surface area contributed by atoms with E-state index in [-0.39, 0.29) is 5.56 Å². The number of benzene rings is 2. The number of carbonyl (C=O) groups excluding carboxylic acids is 1. The first-order chi connectivity index (χ1) is 8.02. The summed E-state index contributed by atoms with van der Waals surface area (Å²) in [7, 11) is 0. The quantitative estimate of drug-likeness (QED) is 0.725. The molecule has 0 unspecified atom stereocenters. The van der Waals surface area contributed by atoms with Crippen LogP contribution < -0.4 is 5.73 Å². The van der Waals surface area contributed by atoms with Crippen LogP contribution in [0.3, 0.4) is 0 Å². The lowest BCUT2D eigenvalue weighted by Gasteiger charge is -2.09. The van der Waals surface area contributed by atoms with Crippen molar-refractivity contribution in [1.29, 1.82) is 0 Å². The molecule has 0 bridgehead atoms. The molecule has 1 amide bonds. The SMILES string of the molecule is NC(=O)c1c(C(=O)O)c(O)cc2ccccc12. The zero-order chi connectivity index (χ0) is 12.6. The zero-order valence-corrected chi connectivity index (χ0v) is 8.68. The number of aromatic carboxylic acids is 1. The van der Waals surface area contributed by atoms with E-state index in [9.17, 15) is 14.7 Å². The Morgan fingerprint density at radius 2 is 1.76 bits per heavy atom. The van der Waals surface area contributed by atoms with Crippen molar-refractivity contribution in [3.8, 4) is 5.75 Å². The molecule has 0 radical (unpaired) electrons. The van der Waals surface area contributed by atoms with Gasteiger partial charge in [-0.3, -0.25) is 4.79 Å². The Labute approximate surface area is 96.1 Å². The number of primary amides is 1. The summed E-state index contributed by atoms with van der Waals surface area (Å²) < 4.78 is 0. The van der Waals surface area contributed by atoms with E-state index in [1.165, 1.54) is 6.07 Å². The summed E-state index contributed by atoms with van der Waals surface area (Å²) in [5.74, 6) is -2.73. The third kappa shape index (κ3) is 1.67. The average molecular weight is 231 g/mol. The van der Waals surface area contributed by atoms with Gasteiger partial charge < -0.3 is 15.9 Å². The van der Waals surface area contributed by atoms with Gasteiger partial charge in [0.15, 0.2) is 0 Å². The van der Waals surface area contributed by atoms with Gasteiger partial charge in [0.2, 0.25) is 5.91 Å². The number of fused-ring (bicyclic) bond motifs is 1. The molecule has 5 nitrogen and oxygen atoms in total. The number of phenols is 1. The molecular weight excluding hydrogens is 222 g/mol. The van der Waals surface area contributed by atoms with Gasteiger partial charge in [0.1, 0.15) is 11.3 Å². The molecule has 0 spiro atoms. The first-order valence-corrected chi connectivity index (χ1v) is 4.80. The van der Waals surface area contributed by atoms with Gasteiger partial charge in [0.25, 0.3) is 0 Å². The molecule has 2 rings (SSSR count). The molecule has 17 heavy (non-hydrogen) atoms. The van der Waals surface area contributed by atoms with Gasteiger partial charge in [-0.25, -0.2) is 4.79 Å². The lowest BCUT2D eigenvalue weighted by molar-refractivity contribution is 0.0689. The second kappa shape index (κ2) is 3.79. The van der Waals surface area contributed by atoms with E-state index in [4.69, 9.17) is 10.8 Å². The average Bonchev–Trinajstić information content (AvgIpc) is 2.26. The minimum Gasteiger partial charge on any atom is -0.507 e. The highest BCUT2D eigenvalue weighted by atomic mass is 16.4. The van der Waals surface area contributed by atoms with Crippen molar-refractivity contribution in [1.82, 2.24) is 0 Å². The Balaban J connectivity index is 2.99. The normalized spacial score (nSPS) is 10.4. The zero-order valence-electron chi connectivity index (χ0n) is 8.68. The van der Waals surface area contributed by atoms with Crippen molar-refractivity contribution in [3.63, 3.8) is 0 Å². The van der Waals surface area contributed by atoms with Crippen molar-refractivity contribution >= 4 is 22.6 Å². The molecule has 4 N–H and O–H groups in total. The van der Waals surface area contributed by atoms with Gasteiger partial charge in [0.05, 0.1) is 5.56 Å². The van der Waals surface area contributed by atoms with Crippen molar-refractivity contribution < 1.29 is 19.8 Å². The van der Waals surface area contributed by atoms with Crippen LogP contribution >= 0.6 is 0 Å². The fraction of sp³-hybridized carbons (Fsp3) is 0. The van der Waals surface area contributed by atoms with E-state index in [1.54, 1.807) is 24.3 Å². The number of nitrogens with two attached hydrogens (primary N) is 1. The topological polar surface area (TPSA) is 101 Å². The van der Waals surface area contributed by atoms with Crippen molar-refractivity contribution in [2.45, 2.75) is 0 Å². The first-order valence-electron chi connectivity index (χ1n) is 4.80. The van der Waals surface area contributed by atoms with E-state index in [0.717, 1.165) is 0 Å². The monoisotopic (exact) mass is 231 g/mol. The fourth-order valence-corrected chi connectivity index (χ4v) is 1.81. The van der Waals surface area contributed by atoms with Gasteiger partial charge in [-0.1, -0.05) is 24.3 Å². The van der Waals surface area contributed by atoms with Gasteiger partial charge in [-0.2, -0.15) is 0 Å². The Morgan fingerprint density at radius 1 is 1.12 bits per heavy atom. The van der Waals surface area contributed by atoms with Gasteiger partial charge in [-0.15, -0.1) is 0 Å². The molecule has 0 atom stereocenters. The van der Waals surface area contributed by atoms with Crippen molar-refractivity contribution in [3.05, 3.63) is 41.5 Å². The maximum absolute atomic E-state index is 11.3. The number of carboxylic acids is 1. The Hall–Kier alpha value is -2.56. The lowest BCUT2D eigenvalue weighted by Crippen LogP contribution is -2.17. The maximum atomic E-state index is 11.3. The Bertz CT molecular complexity index is 634. The maximum Gasteiger partial charge on any atom is 0.340 e. The van der Waals surface area contributed by atoms with E-state index < -0.39 is 23.2 Å². The Kier molecular flexibility index (Phi) is 2.44. The van der Waals surface area contributed by atoms with Crippen LogP contribution in [0.15, 0.2) is 30.3 Å². The van der Waals surface area contributed by atoms with Crippen LogP contribution in [0.5, 0.6) is 5.75 Å². The van der Waals surface area contributed by atoms with Gasteiger partial charge >= 0.3 is 5.97 Å². The second-order valence-corrected chi connectivity index (χ2v) is 3.54. The number of hydrogen-bond donors (Lipinski definition) is 3. The summed E-state index contributed by atoms with van der Waals surface area (Å²) in [5.41, 5.74) is 4.54. The number of aromatic hydroxyl groups is 1. The standard InChI is InChI=1S/C12H9NO4/c13-11(15)9-7-4-2-1-3-6(7)5-8(14)10(9)12(16)17/h1-5,14H,(H2,13,15)(H,16,17). The molecule has 86 valence electrons. The summed E-state index contributed by atoms with van der Waals surface area (Å²) >= 11 is 0. The van der Waals surface area contributed by atoms with Crippen LogP contribution in [0, 0.1) is 0 Å². The largest absolute Gasteiger partial charge is 0.507 e. The summed E-state index contributed by atoms with van der Waals surface area (Å²) in [5, 5.41) is 19.6. The molecule has 0 saturated heterocycles. The summed E-state index contributed by atoms with van der Waals surface area (Å²) in [6.07, 6.45) is 0. The number of rotatable bonds is 2. The van der Waals surface area contributed by atoms with E-state index in [1.807, 2.05) is 0 Å². The van der Waals surface area contributed by atoms with E-state index in [2.05, 4.69) is 0 Å². The highest BCUT2D eigenvalue weighted by Gasteiger charge is 2.22. The lowest BCUT2D eigenvalue weighted by atomic mass is 9.97. The minimum absolute atomic E-state index is 0.173. The molecule has 2 aromatic rings. The van der Waals surface area contributed by atoms with Crippen LogP contribution in [-0.4, -0.2) is 22.1 Å². The second-order valence-electron chi connectivity index (χ2n) is 3.54. The highest BCUT2D eigenvalue weighted by Crippen LogP contribution is 2.30. The van der Waals surface area contributed by atoms with Crippen LogP contribution in [0.2, 0.25) is 0 Å². The summed E-state index contributed by atoms with van der Waals surface area (Å²) in [4.78, 5) is 22.4. The summed E-state index contributed by atoms with van der Waals surface area (Å²) in [6, 6.07) is 7.92. The molecule has 0 aromatic heterocycles. The number of carbonyl (C=O) groups is 2. The first kappa shape index (κ1) is 10.9. The van der Waals surface area contributed by atoms with Crippen LogP contribution in [0.25, 0.3) is 10.8 Å². The van der Waals surface area contributed by atoms with Crippen molar-refractivity contribution in [2.75, 3.05) is 0 Å².